The molecule has 1 aliphatic rings. The number of hydrogen-bond donors (Lipinski definition) is 2. The van der Waals surface area contributed by atoms with Gasteiger partial charge in [0, 0.05) is 38.8 Å². The number of anilines is 1. The first kappa shape index (κ1) is 17.8. The van der Waals surface area contributed by atoms with E-state index in [9.17, 15) is 0 Å². The molecule has 0 aromatic heterocycles. The van der Waals surface area contributed by atoms with Gasteiger partial charge < -0.3 is 15.4 Å². The molecule has 1 atom stereocenters. The summed E-state index contributed by atoms with van der Waals surface area (Å²) < 4.78 is 5.47. The van der Waals surface area contributed by atoms with Crippen LogP contribution in [0.1, 0.15) is 17.5 Å². The lowest BCUT2D eigenvalue weighted by molar-refractivity contribution is 0.189. The lowest BCUT2D eigenvalue weighted by Crippen LogP contribution is -2.50. The number of ether oxygens (including phenoxy) is 1. The molecule has 3 rings (SSSR count). The Kier molecular flexibility index (Phi) is 6.31. The van der Waals surface area contributed by atoms with Gasteiger partial charge in [0.1, 0.15) is 5.75 Å². The van der Waals surface area contributed by atoms with Gasteiger partial charge in [0.25, 0.3) is 0 Å². The molecule has 0 spiro atoms. The predicted octanol–water partition coefficient (Wildman–Crippen LogP) is 3.28. The molecule has 25 heavy (non-hydrogen) atoms. The fourth-order valence-electron chi connectivity index (χ4n) is 3.40. The molecule has 0 radical (unpaired) electrons. The summed E-state index contributed by atoms with van der Waals surface area (Å²) >= 11 is 0. The molecule has 0 amide bonds. The van der Waals surface area contributed by atoms with E-state index in [1.54, 1.807) is 7.11 Å². The summed E-state index contributed by atoms with van der Waals surface area (Å²) in [6, 6.07) is 17.6. The maximum absolute atomic E-state index is 5.47. The van der Waals surface area contributed by atoms with Gasteiger partial charge in [-0.1, -0.05) is 36.4 Å². The third-order valence-corrected chi connectivity index (χ3v) is 4.75. The van der Waals surface area contributed by atoms with Gasteiger partial charge >= 0.3 is 0 Å². The van der Waals surface area contributed by atoms with E-state index in [1.165, 1.54) is 11.1 Å². The molecule has 0 bridgehead atoms. The molecule has 1 saturated heterocycles. The Labute approximate surface area is 151 Å². The smallest absolute Gasteiger partial charge is 0.142 e. The minimum Gasteiger partial charge on any atom is -0.495 e. The van der Waals surface area contributed by atoms with E-state index >= 15 is 0 Å². The number of hydrogen-bond acceptors (Lipinski definition) is 4. The summed E-state index contributed by atoms with van der Waals surface area (Å²) in [5, 5.41) is 7.17. The average Bonchev–Trinajstić information content (AvgIpc) is 2.64. The number of benzene rings is 2. The minimum absolute atomic E-state index is 0.529. The van der Waals surface area contributed by atoms with Crippen molar-refractivity contribution in [3.05, 3.63) is 59.7 Å². The van der Waals surface area contributed by atoms with E-state index < -0.39 is 0 Å². The highest BCUT2D eigenvalue weighted by atomic mass is 16.5. The first-order valence-corrected chi connectivity index (χ1v) is 9.13. The molecular formula is C21H29N3O. The van der Waals surface area contributed by atoms with Crippen molar-refractivity contribution in [3.63, 3.8) is 0 Å². The molecule has 2 aromatic carbocycles. The number of aryl methyl sites for hydroxylation is 1. The Morgan fingerprint density at radius 3 is 2.84 bits per heavy atom. The molecule has 1 heterocycles. The molecule has 4 nitrogen and oxygen atoms in total. The molecule has 134 valence electrons. The van der Waals surface area contributed by atoms with Crippen LogP contribution in [0.5, 0.6) is 5.75 Å². The maximum Gasteiger partial charge on any atom is 0.142 e. The average molecular weight is 339 g/mol. The van der Waals surface area contributed by atoms with Crippen LogP contribution in [0.4, 0.5) is 5.69 Å². The summed E-state index contributed by atoms with van der Waals surface area (Å²) in [6.07, 6.45) is 1.10. The second-order valence-corrected chi connectivity index (χ2v) is 6.79. The van der Waals surface area contributed by atoms with Crippen LogP contribution in [-0.2, 0) is 6.54 Å². The highest BCUT2D eigenvalue weighted by molar-refractivity contribution is 5.57. The third kappa shape index (κ3) is 5.21. The number of nitrogens with zero attached hydrogens (tertiary/aromatic N) is 1. The number of nitrogens with one attached hydrogen (secondary N) is 2. The van der Waals surface area contributed by atoms with Crippen LogP contribution >= 0.6 is 0 Å². The van der Waals surface area contributed by atoms with Crippen molar-refractivity contribution in [2.45, 2.75) is 25.9 Å². The fraction of sp³-hybridized carbons (Fsp3) is 0.429. The van der Waals surface area contributed by atoms with E-state index in [0.717, 1.165) is 50.6 Å². The normalized spacial score (nSPS) is 18.1. The third-order valence-electron chi connectivity index (χ3n) is 4.75. The maximum atomic E-state index is 5.47. The highest BCUT2D eigenvalue weighted by Gasteiger charge is 2.19. The number of piperazine rings is 1. The number of methoxy groups -OCH3 is 1. The Morgan fingerprint density at radius 1 is 1.20 bits per heavy atom. The fourth-order valence-corrected chi connectivity index (χ4v) is 3.40. The van der Waals surface area contributed by atoms with Gasteiger partial charge in [0.05, 0.1) is 12.8 Å². The lowest BCUT2D eigenvalue weighted by atomic mass is 10.1. The van der Waals surface area contributed by atoms with Crippen molar-refractivity contribution in [3.8, 4) is 5.75 Å². The summed E-state index contributed by atoms with van der Waals surface area (Å²) in [5.41, 5.74) is 3.68. The summed E-state index contributed by atoms with van der Waals surface area (Å²) in [7, 11) is 1.73. The summed E-state index contributed by atoms with van der Waals surface area (Å²) in [4.78, 5) is 2.54. The van der Waals surface area contributed by atoms with Gasteiger partial charge in [-0.25, -0.2) is 0 Å². The SMILES string of the molecule is COc1cc(C)ccc1NCCC1CN(Cc2ccccc2)CCN1. The van der Waals surface area contributed by atoms with Gasteiger partial charge in [-0.15, -0.1) is 0 Å². The second-order valence-electron chi connectivity index (χ2n) is 6.79. The van der Waals surface area contributed by atoms with Crippen molar-refractivity contribution in [2.75, 3.05) is 38.6 Å². The van der Waals surface area contributed by atoms with Crippen LogP contribution in [-0.4, -0.2) is 44.2 Å². The van der Waals surface area contributed by atoms with Crippen LogP contribution in [0, 0.1) is 6.92 Å². The van der Waals surface area contributed by atoms with Gasteiger partial charge in [0.15, 0.2) is 0 Å². The minimum atomic E-state index is 0.529. The van der Waals surface area contributed by atoms with Crippen molar-refractivity contribution in [2.24, 2.45) is 0 Å². The van der Waals surface area contributed by atoms with E-state index in [2.05, 4.69) is 71.0 Å². The lowest BCUT2D eigenvalue weighted by Gasteiger charge is -2.34. The molecule has 4 heteroatoms. The summed E-state index contributed by atoms with van der Waals surface area (Å²) in [6.45, 7) is 7.34. The van der Waals surface area contributed by atoms with Gasteiger partial charge in [0.2, 0.25) is 0 Å². The van der Waals surface area contributed by atoms with Crippen molar-refractivity contribution in [1.29, 1.82) is 0 Å². The molecule has 1 aliphatic heterocycles. The standard InChI is InChI=1S/C21H29N3O/c1-17-8-9-20(21(14-17)25-2)23-11-10-19-16-24(13-12-22-19)15-18-6-4-3-5-7-18/h3-9,14,19,22-23H,10-13,15-16H2,1-2H3. The van der Waals surface area contributed by atoms with E-state index in [0.29, 0.717) is 6.04 Å². The number of rotatable bonds is 7. The predicted molar refractivity (Wildman–Crippen MR) is 104 cm³/mol. The highest BCUT2D eigenvalue weighted by Crippen LogP contribution is 2.25. The Hall–Kier alpha value is -2.04. The van der Waals surface area contributed by atoms with Crippen molar-refractivity contribution in [1.82, 2.24) is 10.2 Å². The molecule has 2 N–H and O–H groups in total. The Bertz CT molecular complexity index is 659. The van der Waals surface area contributed by atoms with E-state index in [4.69, 9.17) is 4.74 Å². The van der Waals surface area contributed by atoms with Crippen LogP contribution in [0.2, 0.25) is 0 Å². The molecule has 0 aliphatic carbocycles. The zero-order chi connectivity index (χ0) is 17.5. The molecule has 2 aromatic rings. The van der Waals surface area contributed by atoms with Crippen LogP contribution in [0.25, 0.3) is 0 Å². The van der Waals surface area contributed by atoms with Crippen molar-refractivity contribution >= 4 is 5.69 Å². The monoisotopic (exact) mass is 339 g/mol. The first-order chi connectivity index (χ1) is 12.2. The van der Waals surface area contributed by atoms with E-state index in [1.807, 2.05) is 0 Å². The van der Waals surface area contributed by atoms with Crippen LogP contribution in [0.15, 0.2) is 48.5 Å². The topological polar surface area (TPSA) is 36.5 Å². The Morgan fingerprint density at radius 2 is 2.04 bits per heavy atom. The van der Waals surface area contributed by atoms with Crippen LogP contribution in [0.3, 0.4) is 0 Å². The first-order valence-electron chi connectivity index (χ1n) is 9.13. The molecule has 1 fully saturated rings. The van der Waals surface area contributed by atoms with Crippen LogP contribution < -0.4 is 15.4 Å². The summed E-state index contributed by atoms with van der Waals surface area (Å²) in [5.74, 6) is 0.919. The van der Waals surface area contributed by atoms with Gasteiger partial charge in [-0.05, 0) is 36.6 Å². The molecular weight excluding hydrogens is 310 g/mol. The van der Waals surface area contributed by atoms with Gasteiger partial charge in [-0.3, -0.25) is 4.90 Å². The largest absolute Gasteiger partial charge is 0.495 e. The second kappa shape index (κ2) is 8.88. The molecule has 1 unspecified atom stereocenters. The van der Waals surface area contributed by atoms with Crippen molar-refractivity contribution < 1.29 is 4.74 Å². The Balaban J connectivity index is 1.47. The van der Waals surface area contributed by atoms with Gasteiger partial charge in [-0.2, -0.15) is 0 Å². The molecule has 0 saturated carbocycles. The van der Waals surface area contributed by atoms with E-state index in [-0.39, 0.29) is 0 Å². The quantitative estimate of drug-likeness (QED) is 0.812. The zero-order valence-electron chi connectivity index (χ0n) is 15.3. The zero-order valence-corrected chi connectivity index (χ0v) is 15.3.